The number of nitrogens with zero attached hydrogens (tertiary/aromatic N) is 2. The van der Waals surface area contributed by atoms with Gasteiger partial charge >= 0.3 is 6.18 Å². The molecule has 0 amide bonds. The molecule has 0 unspecified atom stereocenters. The van der Waals surface area contributed by atoms with Crippen molar-refractivity contribution in [1.82, 2.24) is 15.2 Å². The topological polar surface area (TPSA) is 41.6 Å². The van der Waals surface area contributed by atoms with Crippen molar-refractivity contribution in [3.05, 3.63) is 48.4 Å². The van der Waals surface area contributed by atoms with Gasteiger partial charge in [-0.2, -0.15) is 23.4 Å². The van der Waals surface area contributed by atoms with E-state index in [0.717, 1.165) is 6.07 Å². The molecular formula is C13H8F3N3. The zero-order valence-electron chi connectivity index (χ0n) is 9.57. The summed E-state index contributed by atoms with van der Waals surface area (Å²) in [6, 6.07) is 5.48. The summed E-state index contributed by atoms with van der Waals surface area (Å²) in [6.07, 6.45) is 0.0859. The molecule has 2 heterocycles. The fraction of sp³-hybridized carbons (Fsp3) is 0.0769. The van der Waals surface area contributed by atoms with E-state index in [1.807, 2.05) is 0 Å². The first-order chi connectivity index (χ1) is 9.07. The summed E-state index contributed by atoms with van der Waals surface area (Å²) in [5, 5.41) is 8.02. The maximum Gasteiger partial charge on any atom is 0.417 e. The van der Waals surface area contributed by atoms with Crippen LogP contribution in [0.5, 0.6) is 0 Å². The summed E-state index contributed by atoms with van der Waals surface area (Å²) in [4.78, 5) is 2.90. The molecular weight excluding hydrogens is 255 g/mol. The highest BCUT2D eigenvalue weighted by molar-refractivity contribution is 5.95. The first-order valence-corrected chi connectivity index (χ1v) is 5.52. The molecule has 96 valence electrons. The van der Waals surface area contributed by atoms with Gasteiger partial charge in [0.05, 0.1) is 23.5 Å². The van der Waals surface area contributed by atoms with E-state index in [0.29, 0.717) is 16.5 Å². The molecule has 3 aromatic rings. The number of aromatic amines is 1. The third-order valence-electron chi connectivity index (χ3n) is 2.92. The SMILES string of the molecule is FC(F)(F)c1ccccc1-c1c[nH]c2cnncc12. The van der Waals surface area contributed by atoms with E-state index in [1.54, 1.807) is 12.3 Å². The van der Waals surface area contributed by atoms with Crippen molar-refractivity contribution >= 4 is 10.9 Å². The second kappa shape index (κ2) is 4.08. The molecule has 2 aromatic heterocycles. The minimum absolute atomic E-state index is 0.134. The lowest BCUT2D eigenvalue weighted by Crippen LogP contribution is -2.06. The second-order valence-electron chi connectivity index (χ2n) is 4.06. The van der Waals surface area contributed by atoms with E-state index in [1.165, 1.54) is 24.5 Å². The van der Waals surface area contributed by atoms with Gasteiger partial charge in [-0.05, 0) is 11.6 Å². The summed E-state index contributed by atoms with van der Waals surface area (Å²) >= 11 is 0. The average Bonchev–Trinajstić information content (AvgIpc) is 2.81. The van der Waals surface area contributed by atoms with Gasteiger partial charge in [0, 0.05) is 17.1 Å². The van der Waals surface area contributed by atoms with Crippen LogP contribution in [-0.2, 0) is 6.18 Å². The fourth-order valence-electron chi connectivity index (χ4n) is 2.07. The summed E-state index contributed by atoms with van der Waals surface area (Å²) in [5.74, 6) is 0. The van der Waals surface area contributed by atoms with Crippen LogP contribution in [0, 0.1) is 0 Å². The highest BCUT2D eigenvalue weighted by atomic mass is 19.4. The summed E-state index contributed by atoms with van der Waals surface area (Å²) in [7, 11) is 0. The lowest BCUT2D eigenvalue weighted by molar-refractivity contribution is -0.137. The standard InChI is InChI=1S/C13H8F3N3/c14-13(15,16)11-4-2-1-3-8(11)9-5-17-12-7-19-18-6-10(9)12/h1-7,17H. The number of alkyl halides is 3. The van der Waals surface area contributed by atoms with Crippen molar-refractivity contribution in [2.24, 2.45) is 0 Å². The van der Waals surface area contributed by atoms with E-state index >= 15 is 0 Å². The number of H-pyrrole nitrogens is 1. The Kier molecular flexibility index (Phi) is 2.51. The van der Waals surface area contributed by atoms with Crippen LogP contribution in [0.15, 0.2) is 42.9 Å². The number of fused-ring (bicyclic) bond motifs is 1. The van der Waals surface area contributed by atoms with Gasteiger partial charge in [-0.25, -0.2) is 0 Å². The molecule has 0 aliphatic carbocycles. The first-order valence-electron chi connectivity index (χ1n) is 5.52. The van der Waals surface area contributed by atoms with Gasteiger partial charge in [-0.3, -0.25) is 0 Å². The van der Waals surface area contributed by atoms with Crippen LogP contribution < -0.4 is 0 Å². The molecule has 0 aliphatic heterocycles. The van der Waals surface area contributed by atoms with Gasteiger partial charge in [0.1, 0.15) is 0 Å². The van der Waals surface area contributed by atoms with E-state index in [-0.39, 0.29) is 5.56 Å². The average molecular weight is 263 g/mol. The summed E-state index contributed by atoms with van der Waals surface area (Å²) in [6.45, 7) is 0. The van der Waals surface area contributed by atoms with Crippen molar-refractivity contribution in [3.8, 4) is 11.1 Å². The Bertz CT molecular complexity index is 731. The quantitative estimate of drug-likeness (QED) is 0.728. The van der Waals surface area contributed by atoms with Crippen molar-refractivity contribution in [2.45, 2.75) is 6.18 Å². The number of hydrogen-bond donors (Lipinski definition) is 1. The zero-order chi connectivity index (χ0) is 13.5. The van der Waals surface area contributed by atoms with Crippen molar-refractivity contribution in [3.63, 3.8) is 0 Å². The third-order valence-corrected chi connectivity index (χ3v) is 2.92. The van der Waals surface area contributed by atoms with E-state index in [9.17, 15) is 13.2 Å². The summed E-state index contributed by atoms with van der Waals surface area (Å²) in [5.41, 5.74) is 0.599. The van der Waals surface area contributed by atoms with Gasteiger partial charge in [0.15, 0.2) is 0 Å². The Morgan fingerprint density at radius 1 is 0.947 bits per heavy atom. The van der Waals surface area contributed by atoms with Crippen LogP contribution in [0.25, 0.3) is 22.0 Å². The van der Waals surface area contributed by atoms with Gasteiger partial charge in [-0.15, -0.1) is 0 Å². The molecule has 6 heteroatoms. The molecule has 0 fully saturated rings. The number of hydrogen-bond acceptors (Lipinski definition) is 2. The molecule has 3 nitrogen and oxygen atoms in total. The largest absolute Gasteiger partial charge is 0.417 e. The van der Waals surface area contributed by atoms with Crippen LogP contribution in [-0.4, -0.2) is 15.2 Å². The Labute approximate surface area is 106 Å². The summed E-state index contributed by atoms with van der Waals surface area (Å²) < 4.78 is 39.0. The van der Waals surface area contributed by atoms with Crippen molar-refractivity contribution in [1.29, 1.82) is 0 Å². The van der Waals surface area contributed by atoms with E-state index < -0.39 is 11.7 Å². The number of benzene rings is 1. The van der Waals surface area contributed by atoms with Crippen LogP contribution in [0.1, 0.15) is 5.56 Å². The zero-order valence-corrected chi connectivity index (χ0v) is 9.57. The van der Waals surface area contributed by atoms with Crippen LogP contribution >= 0.6 is 0 Å². The fourth-order valence-corrected chi connectivity index (χ4v) is 2.07. The number of halogens is 3. The molecule has 0 saturated heterocycles. The maximum atomic E-state index is 13.0. The molecule has 0 atom stereocenters. The highest BCUT2D eigenvalue weighted by Crippen LogP contribution is 2.38. The molecule has 3 rings (SSSR count). The Balaban J connectivity index is 2.28. The molecule has 19 heavy (non-hydrogen) atoms. The predicted molar refractivity (Wildman–Crippen MR) is 64.3 cm³/mol. The second-order valence-corrected chi connectivity index (χ2v) is 4.06. The Hall–Kier alpha value is -2.37. The number of rotatable bonds is 1. The molecule has 0 bridgehead atoms. The monoisotopic (exact) mass is 263 g/mol. The lowest BCUT2D eigenvalue weighted by atomic mass is 10.00. The Morgan fingerprint density at radius 3 is 2.47 bits per heavy atom. The minimum atomic E-state index is -4.39. The molecule has 0 saturated carbocycles. The number of nitrogens with one attached hydrogen (secondary N) is 1. The van der Waals surface area contributed by atoms with E-state index in [4.69, 9.17) is 0 Å². The molecule has 0 radical (unpaired) electrons. The first kappa shape index (κ1) is 11.7. The predicted octanol–water partition coefficient (Wildman–Crippen LogP) is 3.64. The maximum absolute atomic E-state index is 13.0. The third kappa shape index (κ3) is 1.95. The number of aromatic nitrogens is 3. The van der Waals surface area contributed by atoms with Crippen LogP contribution in [0.2, 0.25) is 0 Å². The molecule has 1 N–H and O–H groups in total. The van der Waals surface area contributed by atoms with Crippen LogP contribution in [0.3, 0.4) is 0 Å². The molecule has 0 aliphatic rings. The molecule has 0 spiro atoms. The van der Waals surface area contributed by atoms with Gasteiger partial charge in [0.2, 0.25) is 0 Å². The van der Waals surface area contributed by atoms with Crippen molar-refractivity contribution < 1.29 is 13.2 Å². The van der Waals surface area contributed by atoms with Crippen molar-refractivity contribution in [2.75, 3.05) is 0 Å². The smallest absolute Gasteiger partial charge is 0.359 e. The lowest BCUT2D eigenvalue weighted by Gasteiger charge is -2.11. The normalized spacial score (nSPS) is 11.9. The highest BCUT2D eigenvalue weighted by Gasteiger charge is 2.33. The van der Waals surface area contributed by atoms with E-state index in [2.05, 4.69) is 15.2 Å². The van der Waals surface area contributed by atoms with Gasteiger partial charge in [0.25, 0.3) is 0 Å². The Morgan fingerprint density at radius 2 is 1.68 bits per heavy atom. The molecule has 1 aromatic carbocycles. The van der Waals surface area contributed by atoms with Gasteiger partial charge in [-0.1, -0.05) is 18.2 Å². The van der Waals surface area contributed by atoms with Gasteiger partial charge < -0.3 is 4.98 Å². The minimum Gasteiger partial charge on any atom is -0.359 e. The van der Waals surface area contributed by atoms with Crippen LogP contribution in [0.4, 0.5) is 13.2 Å².